The number of thiophene rings is 1. The molecular weight excluding hydrogens is 250 g/mol. The normalized spacial score (nSPS) is 11.8. The molecule has 0 unspecified atom stereocenters. The van der Waals surface area contributed by atoms with Crippen molar-refractivity contribution >= 4 is 27.0 Å². The number of rotatable bonds is 4. The molecule has 2 heterocycles. The van der Waals surface area contributed by atoms with E-state index in [0.717, 1.165) is 11.3 Å². The average molecular weight is 259 g/mol. The Labute approximate surface area is 95.8 Å². The van der Waals surface area contributed by atoms with Crippen LogP contribution in [-0.2, 0) is 16.6 Å². The van der Waals surface area contributed by atoms with Crippen molar-refractivity contribution in [2.75, 3.05) is 5.73 Å². The summed E-state index contributed by atoms with van der Waals surface area (Å²) in [5.74, 6) is 0.452. The highest BCUT2D eigenvalue weighted by Crippen LogP contribution is 2.21. The molecule has 0 spiro atoms. The van der Waals surface area contributed by atoms with E-state index in [2.05, 4.69) is 19.9 Å². The van der Waals surface area contributed by atoms with Crippen LogP contribution in [0.15, 0.2) is 22.0 Å². The van der Waals surface area contributed by atoms with Crippen LogP contribution in [0.3, 0.4) is 0 Å². The number of nitrogen functional groups attached to an aromatic ring is 1. The molecule has 9 heteroatoms. The Hall–Kier alpha value is -1.45. The molecule has 16 heavy (non-hydrogen) atoms. The summed E-state index contributed by atoms with van der Waals surface area (Å²) in [7, 11) is -3.51. The molecule has 7 nitrogen and oxygen atoms in total. The highest BCUT2D eigenvalue weighted by atomic mass is 32.2. The molecule has 0 fully saturated rings. The summed E-state index contributed by atoms with van der Waals surface area (Å²) >= 11 is 1.07. The van der Waals surface area contributed by atoms with Crippen LogP contribution in [0.4, 0.5) is 5.69 Å². The Balaban J connectivity index is 2.09. The second kappa shape index (κ2) is 4.20. The maximum Gasteiger partial charge on any atom is 0.250 e. The van der Waals surface area contributed by atoms with Gasteiger partial charge in [0, 0.05) is 11.1 Å². The van der Waals surface area contributed by atoms with Crippen molar-refractivity contribution in [3.8, 4) is 0 Å². The molecule has 2 rings (SSSR count). The van der Waals surface area contributed by atoms with Gasteiger partial charge >= 0.3 is 0 Å². The van der Waals surface area contributed by atoms with Gasteiger partial charge in [0.25, 0.3) is 10.0 Å². The van der Waals surface area contributed by atoms with Gasteiger partial charge in [-0.15, -0.1) is 11.3 Å². The summed E-state index contributed by atoms with van der Waals surface area (Å²) in [4.78, 5) is 3.80. The highest BCUT2D eigenvalue weighted by Gasteiger charge is 2.16. The van der Waals surface area contributed by atoms with E-state index in [-0.39, 0.29) is 10.8 Å². The number of hydrogen-bond acceptors (Lipinski definition) is 6. The molecule has 0 aliphatic heterocycles. The number of nitrogens with two attached hydrogens (primary N) is 1. The maximum absolute atomic E-state index is 11.7. The monoisotopic (exact) mass is 259 g/mol. The molecule has 0 radical (unpaired) electrons. The molecule has 0 aliphatic carbocycles. The molecule has 0 saturated heterocycles. The lowest BCUT2D eigenvalue weighted by molar-refractivity contribution is 0.581. The zero-order valence-electron chi connectivity index (χ0n) is 8.04. The fraction of sp³-hybridized carbons (Fsp3) is 0.143. The van der Waals surface area contributed by atoms with E-state index in [9.17, 15) is 8.42 Å². The van der Waals surface area contributed by atoms with Crippen LogP contribution in [0, 0.1) is 0 Å². The highest BCUT2D eigenvalue weighted by molar-refractivity contribution is 7.91. The van der Waals surface area contributed by atoms with Crippen molar-refractivity contribution in [2.45, 2.75) is 10.8 Å². The third kappa shape index (κ3) is 2.38. The molecule has 0 amide bonds. The van der Waals surface area contributed by atoms with Crippen LogP contribution < -0.4 is 10.5 Å². The zero-order chi connectivity index (χ0) is 11.6. The number of nitrogens with zero attached hydrogens (tertiary/aromatic N) is 2. The van der Waals surface area contributed by atoms with Gasteiger partial charge in [0.1, 0.15) is 16.4 Å². The number of aromatic nitrogens is 3. The largest absolute Gasteiger partial charge is 0.398 e. The van der Waals surface area contributed by atoms with Crippen molar-refractivity contribution in [1.82, 2.24) is 19.9 Å². The second-order valence-corrected chi connectivity index (χ2v) is 5.86. The van der Waals surface area contributed by atoms with Gasteiger partial charge in [-0.2, -0.15) is 5.10 Å². The lowest BCUT2D eigenvalue weighted by atomic mass is 10.6. The van der Waals surface area contributed by atoms with Crippen LogP contribution in [0.1, 0.15) is 5.82 Å². The Bertz CT molecular complexity index is 559. The first-order chi connectivity index (χ1) is 7.58. The molecule has 2 aromatic rings. The van der Waals surface area contributed by atoms with Gasteiger partial charge in [-0.3, -0.25) is 5.10 Å². The molecule has 0 saturated carbocycles. The summed E-state index contributed by atoms with van der Waals surface area (Å²) in [6.45, 7) is 0.0696. The van der Waals surface area contributed by atoms with Crippen molar-refractivity contribution in [1.29, 1.82) is 0 Å². The van der Waals surface area contributed by atoms with Gasteiger partial charge in [0.2, 0.25) is 0 Å². The summed E-state index contributed by atoms with van der Waals surface area (Å²) in [5, 5.41) is 7.74. The van der Waals surface area contributed by atoms with Crippen molar-refractivity contribution in [2.24, 2.45) is 0 Å². The van der Waals surface area contributed by atoms with Crippen molar-refractivity contribution in [3.05, 3.63) is 23.6 Å². The fourth-order valence-corrected chi connectivity index (χ4v) is 3.13. The zero-order valence-corrected chi connectivity index (χ0v) is 9.68. The predicted octanol–water partition coefficient (Wildman–Crippen LogP) is -0.0731. The molecule has 4 N–H and O–H groups in total. The Morgan fingerprint density at radius 3 is 2.94 bits per heavy atom. The van der Waals surface area contributed by atoms with E-state index in [4.69, 9.17) is 5.73 Å². The van der Waals surface area contributed by atoms with Crippen LogP contribution >= 0.6 is 11.3 Å². The Kier molecular flexibility index (Phi) is 2.90. The number of hydrogen-bond donors (Lipinski definition) is 3. The maximum atomic E-state index is 11.7. The number of H-pyrrole nitrogens is 1. The van der Waals surface area contributed by atoms with Crippen LogP contribution in [-0.4, -0.2) is 23.6 Å². The SMILES string of the molecule is Nc1csc(S(=O)(=O)NCc2ncn[nH]2)c1. The third-order valence-corrected chi connectivity index (χ3v) is 4.61. The van der Waals surface area contributed by atoms with Gasteiger partial charge in [-0.1, -0.05) is 0 Å². The van der Waals surface area contributed by atoms with E-state index in [1.807, 2.05) is 0 Å². The first-order valence-corrected chi connectivity index (χ1v) is 6.62. The minimum absolute atomic E-state index is 0.0696. The van der Waals surface area contributed by atoms with E-state index in [0.29, 0.717) is 11.5 Å². The number of sulfonamides is 1. The number of aromatic amines is 1. The topological polar surface area (TPSA) is 114 Å². The first kappa shape index (κ1) is 11.0. The summed E-state index contributed by atoms with van der Waals surface area (Å²) < 4.78 is 26.0. The second-order valence-electron chi connectivity index (χ2n) is 2.96. The molecule has 0 aliphatic rings. The Morgan fingerprint density at radius 1 is 1.56 bits per heavy atom. The summed E-state index contributed by atoms with van der Waals surface area (Å²) in [5.41, 5.74) is 5.89. The van der Waals surface area contributed by atoms with Gasteiger partial charge in [-0.25, -0.2) is 18.1 Å². The lowest BCUT2D eigenvalue weighted by Crippen LogP contribution is -2.23. The van der Waals surface area contributed by atoms with Crippen LogP contribution in [0.2, 0.25) is 0 Å². The smallest absolute Gasteiger partial charge is 0.250 e. The van der Waals surface area contributed by atoms with E-state index in [1.54, 1.807) is 5.38 Å². The molecule has 0 atom stereocenters. The summed E-state index contributed by atoms with van der Waals surface area (Å²) in [6.07, 6.45) is 1.31. The molecule has 0 bridgehead atoms. The standard InChI is InChI=1S/C7H9N5O2S2/c8-5-1-7(15-3-5)16(13,14)11-2-6-9-4-10-12-6/h1,3-4,11H,2,8H2,(H,9,10,12). The minimum Gasteiger partial charge on any atom is -0.398 e. The van der Waals surface area contributed by atoms with Gasteiger partial charge in [0.05, 0.1) is 6.54 Å². The first-order valence-electron chi connectivity index (χ1n) is 4.26. The molecule has 0 aromatic carbocycles. The van der Waals surface area contributed by atoms with Crippen molar-refractivity contribution < 1.29 is 8.42 Å². The molecule has 2 aromatic heterocycles. The predicted molar refractivity (Wildman–Crippen MR) is 59.1 cm³/mol. The number of nitrogens with one attached hydrogen (secondary N) is 2. The van der Waals surface area contributed by atoms with Gasteiger partial charge < -0.3 is 5.73 Å². The number of anilines is 1. The van der Waals surface area contributed by atoms with Crippen molar-refractivity contribution in [3.63, 3.8) is 0 Å². The third-order valence-electron chi connectivity index (χ3n) is 1.76. The van der Waals surface area contributed by atoms with Gasteiger partial charge in [-0.05, 0) is 6.07 Å². The molecular formula is C7H9N5O2S2. The Morgan fingerprint density at radius 2 is 2.38 bits per heavy atom. The van der Waals surface area contributed by atoms with Crippen LogP contribution in [0.5, 0.6) is 0 Å². The quantitative estimate of drug-likeness (QED) is 0.711. The lowest BCUT2D eigenvalue weighted by Gasteiger charge is -2.01. The van der Waals surface area contributed by atoms with E-state index >= 15 is 0 Å². The fourth-order valence-electron chi connectivity index (χ4n) is 1.02. The van der Waals surface area contributed by atoms with E-state index < -0.39 is 10.0 Å². The van der Waals surface area contributed by atoms with Gasteiger partial charge in [0.15, 0.2) is 0 Å². The van der Waals surface area contributed by atoms with Crippen LogP contribution in [0.25, 0.3) is 0 Å². The summed E-state index contributed by atoms with van der Waals surface area (Å²) in [6, 6.07) is 1.41. The molecule has 86 valence electrons. The minimum atomic E-state index is -3.51. The van der Waals surface area contributed by atoms with E-state index in [1.165, 1.54) is 12.4 Å². The average Bonchev–Trinajstić information content (AvgIpc) is 2.85.